The highest BCUT2D eigenvalue weighted by molar-refractivity contribution is 7.29. The van der Waals surface area contributed by atoms with Gasteiger partial charge in [-0.25, -0.2) is 0 Å². The lowest BCUT2D eigenvalue weighted by Gasteiger charge is -2.19. The molecule has 0 radical (unpaired) electrons. The molecule has 0 amide bonds. The number of hydrogen-bond acceptors (Lipinski definition) is 2. The zero-order valence-corrected chi connectivity index (χ0v) is 30.8. The van der Waals surface area contributed by atoms with Crippen molar-refractivity contribution in [3.63, 3.8) is 0 Å². The van der Waals surface area contributed by atoms with Crippen molar-refractivity contribution in [2.45, 2.75) is 0 Å². The molecule has 0 saturated heterocycles. The molecule has 2 heteroatoms. The highest BCUT2D eigenvalue weighted by Crippen LogP contribution is 2.47. The predicted octanol–water partition coefficient (Wildman–Crippen LogP) is 16.0. The summed E-state index contributed by atoms with van der Waals surface area (Å²) in [5.74, 6) is 0. The molecule has 0 bridgehead atoms. The van der Waals surface area contributed by atoms with Gasteiger partial charge in [0.05, 0.1) is 0 Å². The predicted molar refractivity (Wildman–Crippen MR) is 239 cm³/mol. The molecule has 2 aromatic heterocycles. The largest absolute Gasteiger partial charge is 0.134 e. The molecule has 0 atom stereocenters. The maximum absolute atomic E-state index is 2.41. The summed E-state index contributed by atoms with van der Waals surface area (Å²) >= 11 is 3.85. The third kappa shape index (κ3) is 4.36. The maximum atomic E-state index is 2.41. The Balaban J connectivity index is 1.01. The van der Waals surface area contributed by atoms with Gasteiger partial charge < -0.3 is 0 Å². The van der Waals surface area contributed by atoms with Crippen LogP contribution in [0, 0.1) is 0 Å². The summed E-state index contributed by atoms with van der Waals surface area (Å²) in [6.07, 6.45) is 0. The molecule has 10 aromatic carbocycles. The third-order valence-electron chi connectivity index (χ3n) is 11.5. The zero-order chi connectivity index (χ0) is 35.3. The van der Waals surface area contributed by atoms with E-state index in [0.717, 1.165) is 0 Å². The number of thiophene rings is 2. The first-order valence-electron chi connectivity index (χ1n) is 18.5. The van der Waals surface area contributed by atoms with E-state index in [0.29, 0.717) is 0 Å². The van der Waals surface area contributed by atoms with Gasteiger partial charge in [-0.3, -0.25) is 0 Å². The van der Waals surface area contributed by atoms with E-state index < -0.39 is 0 Å². The Morgan fingerprint density at radius 3 is 1.50 bits per heavy atom. The minimum Gasteiger partial charge on any atom is -0.134 e. The summed E-state index contributed by atoms with van der Waals surface area (Å²) in [6, 6.07) is 67.7. The smallest absolute Gasteiger partial charge is 0.0448 e. The van der Waals surface area contributed by atoms with E-state index in [9.17, 15) is 0 Å². The van der Waals surface area contributed by atoms with E-state index in [1.807, 2.05) is 22.7 Å². The molecule has 2 heterocycles. The average Bonchev–Trinajstić information content (AvgIpc) is 3.81. The van der Waals surface area contributed by atoms with Crippen LogP contribution in [0.5, 0.6) is 0 Å². The Morgan fingerprint density at radius 2 is 0.796 bits per heavy atom. The number of fused-ring (bicyclic) bond motifs is 12. The third-order valence-corrected chi connectivity index (χ3v) is 13.9. The summed E-state index contributed by atoms with van der Waals surface area (Å²) in [7, 11) is 0. The zero-order valence-electron chi connectivity index (χ0n) is 29.1. The summed E-state index contributed by atoms with van der Waals surface area (Å²) in [4.78, 5) is 0. The molecule has 0 unspecified atom stereocenters. The molecule has 250 valence electrons. The molecule has 0 aliphatic carbocycles. The Bertz CT molecular complexity index is 3430. The first kappa shape index (κ1) is 30.2. The van der Waals surface area contributed by atoms with Crippen LogP contribution in [0.4, 0.5) is 0 Å². The van der Waals surface area contributed by atoms with Crippen molar-refractivity contribution in [1.82, 2.24) is 0 Å². The molecular weight excluding hydrogens is 689 g/mol. The Labute approximate surface area is 319 Å². The van der Waals surface area contributed by atoms with Crippen LogP contribution in [-0.2, 0) is 0 Å². The molecule has 0 saturated carbocycles. The second kappa shape index (κ2) is 11.6. The van der Waals surface area contributed by atoms with Crippen LogP contribution in [0.2, 0.25) is 0 Å². The minimum absolute atomic E-state index is 1.23. The van der Waals surface area contributed by atoms with E-state index >= 15 is 0 Å². The molecular formula is C52H30S2. The van der Waals surface area contributed by atoms with Crippen LogP contribution < -0.4 is 0 Å². The normalized spacial score (nSPS) is 12.1. The van der Waals surface area contributed by atoms with Crippen molar-refractivity contribution in [3.05, 3.63) is 182 Å². The first-order chi connectivity index (χ1) is 26.8. The maximum Gasteiger partial charge on any atom is 0.0448 e. The fourth-order valence-electron chi connectivity index (χ4n) is 9.00. The van der Waals surface area contributed by atoms with Crippen LogP contribution in [0.3, 0.4) is 0 Å². The number of hydrogen-bond donors (Lipinski definition) is 0. The van der Waals surface area contributed by atoms with Crippen molar-refractivity contribution in [3.8, 4) is 33.4 Å². The van der Waals surface area contributed by atoms with Gasteiger partial charge in [0.15, 0.2) is 0 Å². The molecule has 54 heavy (non-hydrogen) atoms. The van der Waals surface area contributed by atoms with Gasteiger partial charge in [-0.2, -0.15) is 0 Å². The molecule has 12 aromatic rings. The van der Waals surface area contributed by atoms with E-state index in [2.05, 4.69) is 182 Å². The van der Waals surface area contributed by atoms with Crippen LogP contribution >= 0.6 is 22.7 Å². The van der Waals surface area contributed by atoms with E-state index in [4.69, 9.17) is 0 Å². The van der Waals surface area contributed by atoms with Crippen molar-refractivity contribution < 1.29 is 0 Å². The van der Waals surface area contributed by atoms with Crippen molar-refractivity contribution in [2.24, 2.45) is 0 Å². The van der Waals surface area contributed by atoms with Gasteiger partial charge in [-0.1, -0.05) is 164 Å². The lowest BCUT2D eigenvalue weighted by molar-refractivity contribution is 1.64. The molecule has 0 N–H and O–H groups in total. The van der Waals surface area contributed by atoms with Gasteiger partial charge in [0.2, 0.25) is 0 Å². The molecule has 0 aliphatic heterocycles. The van der Waals surface area contributed by atoms with Crippen LogP contribution in [-0.4, -0.2) is 0 Å². The second-order valence-electron chi connectivity index (χ2n) is 14.3. The van der Waals surface area contributed by atoms with Gasteiger partial charge >= 0.3 is 0 Å². The van der Waals surface area contributed by atoms with Gasteiger partial charge in [0.25, 0.3) is 0 Å². The highest BCUT2D eigenvalue weighted by atomic mass is 32.1. The minimum atomic E-state index is 1.23. The van der Waals surface area contributed by atoms with E-state index in [-0.39, 0.29) is 0 Å². The summed E-state index contributed by atoms with van der Waals surface area (Å²) in [6.45, 7) is 0. The molecule has 0 spiro atoms. The standard InChI is InChI=1S/C52H30S2/c1-2-12-36-32(10-1)11-9-18-38(36)50-41-16-5-3-14-39(41)48(40-15-4-6-17-42(40)50)33-22-20-31(21-23-33)35-26-29-47-45(30-35)44-28-25-34-24-27-43-37-13-7-8-19-46(37)53-51(43)49(34)52(44)54-47/h1-30H. The average molecular weight is 719 g/mol. The SMILES string of the molecule is c1ccc2c(-c3c4ccccc4c(-c4ccc(-c5ccc6sc7c(ccc8ccc9c%10ccccc%10sc9c87)c6c5)cc4)c4ccccc34)cccc2c1. The number of benzene rings is 10. The fraction of sp³-hybridized carbons (Fsp3) is 0. The summed E-state index contributed by atoms with van der Waals surface area (Å²) in [5, 5.41) is 15.7. The van der Waals surface area contributed by atoms with Crippen molar-refractivity contribution in [1.29, 1.82) is 0 Å². The highest BCUT2D eigenvalue weighted by Gasteiger charge is 2.19. The van der Waals surface area contributed by atoms with Gasteiger partial charge in [-0.05, 0) is 89.3 Å². The Morgan fingerprint density at radius 1 is 0.278 bits per heavy atom. The van der Waals surface area contributed by atoms with Gasteiger partial charge in [0, 0.05) is 45.7 Å². The van der Waals surface area contributed by atoms with Crippen LogP contribution in [0.25, 0.3) is 117 Å². The van der Waals surface area contributed by atoms with E-state index in [1.165, 1.54) is 117 Å². The van der Waals surface area contributed by atoms with Gasteiger partial charge in [0.1, 0.15) is 0 Å². The topological polar surface area (TPSA) is 0 Å². The Kier molecular flexibility index (Phi) is 6.48. The van der Waals surface area contributed by atoms with Crippen molar-refractivity contribution >= 4 is 106 Å². The first-order valence-corrected chi connectivity index (χ1v) is 20.1. The fourth-order valence-corrected chi connectivity index (χ4v) is 11.6. The van der Waals surface area contributed by atoms with Crippen molar-refractivity contribution in [2.75, 3.05) is 0 Å². The van der Waals surface area contributed by atoms with E-state index in [1.54, 1.807) is 0 Å². The molecule has 12 rings (SSSR count). The molecule has 0 aliphatic rings. The van der Waals surface area contributed by atoms with Gasteiger partial charge in [-0.15, -0.1) is 22.7 Å². The lowest BCUT2D eigenvalue weighted by atomic mass is 9.84. The quantitative estimate of drug-likeness (QED) is 0.160. The number of rotatable bonds is 3. The lowest BCUT2D eigenvalue weighted by Crippen LogP contribution is -1.91. The summed E-state index contributed by atoms with van der Waals surface area (Å²) in [5.41, 5.74) is 7.58. The van der Waals surface area contributed by atoms with Crippen LogP contribution in [0.15, 0.2) is 182 Å². The molecule has 0 nitrogen and oxygen atoms in total. The summed E-state index contributed by atoms with van der Waals surface area (Å²) < 4.78 is 5.47. The molecule has 0 fully saturated rings. The second-order valence-corrected chi connectivity index (χ2v) is 16.4. The Hall–Kier alpha value is -6.32. The van der Waals surface area contributed by atoms with Crippen LogP contribution in [0.1, 0.15) is 0 Å². The monoisotopic (exact) mass is 718 g/mol.